The van der Waals surface area contributed by atoms with Gasteiger partial charge in [0.2, 0.25) is 0 Å². The third-order valence-electron chi connectivity index (χ3n) is 3.67. The van der Waals surface area contributed by atoms with Crippen LogP contribution in [0.15, 0.2) is 22.8 Å². The molecule has 15 heavy (non-hydrogen) atoms. The summed E-state index contributed by atoms with van der Waals surface area (Å²) in [5.74, 6) is 0.887. The fraction of sp³-hybridized carbons (Fsp3) is 0.583. The van der Waals surface area contributed by atoms with Crippen molar-refractivity contribution in [3.05, 3.63) is 24.2 Å². The summed E-state index contributed by atoms with van der Waals surface area (Å²) in [5.41, 5.74) is -0.319. The predicted molar refractivity (Wildman–Crippen MR) is 53.4 cm³/mol. The molecule has 0 N–H and O–H groups in total. The summed E-state index contributed by atoms with van der Waals surface area (Å²) in [6.07, 6.45) is 6.83. The van der Waals surface area contributed by atoms with Gasteiger partial charge in [-0.05, 0) is 31.4 Å². The lowest BCUT2D eigenvalue weighted by Crippen LogP contribution is -2.36. The lowest BCUT2D eigenvalue weighted by atomic mass is 9.72. The van der Waals surface area contributed by atoms with E-state index in [1.165, 1.54) is 0 Å². The minimum absolute atomic E-state index is 0.116. The van der Waals surface area contributed by atoms with Crippen LogP contribution in [0.25, 0.3) is 0 Å². The van der Waals surface area contributed by atoms with Crippen molar-refractivity contribution in [1.29, 1.82) is 0 Å². The summed E-state index contributed by atoms with van der Waals surface area (Å²) in [7, 11) is 0. The zero-order chi connectivity index (χ0) is 10.3. The van der Waals surface area contributed by atoms with Gasteiger partial charge in [-0.15, -0.1) is 0 Å². The zero-order valence-electron chi connectivity index (χ0n) is 8.52. The number of rotatable bonds is 3. The van der Waals surface area contributed by atoms with Crippen molar-refractivity contribution >= 4 is 6.29 Å². The molecule has 1 aromatic heterocycles. The summed E-state index contributed by atoms with van der Waals surface area (Å²) >= 11 is 0. The van der Waals surface area contributed by atoms with E-state index in [-0.39, 0.29) is 11.5 Å². The molecule has 3 heteroatoms. The second-order valence-electron chi connectivity index (χ2n) is 4.64. The molecule has 0 aliphatic carbocycles. The average molecular weight is 206 g/mol. The highest BCUT2D eigenvalue weighted by Gasteiger charge is 2.52. The lowest BCUT2D eigenvalue weighted by molar-refractivity contribution is -0.119. The van der Waals surface area contributed by atoms with Crippen LogP contribution >= 0.6 is 0 Å². The van der Waals surface area contributed by atoms with E-state index in [1.807, 2.05) is 12.1 Å². The van der Waals surface area contributed by atoms with Crippen molar-refractivity contribution < 1.29 is 13.9 Å². The van der Waals surface area contributed by atoms with Crippen LogP contribution in [0, 0.1) is 5.41 Å². The first-order valence-corrected chi connectivity index (χ1v) is 5.47. The third kappa shape index (κ3) is 1.34. The van der Waals surface area contributed by atoms with E-state index in [0.29, 0.717) is 12.5 Å². The Morgan fingerprint density at radius 1 is 1.53 bits per heavy atom. The summed E-state index contributed by atoms with van der Waals surface area (Å²) in [4.78, 5) is 11.3. The number of carbonyl (C=O) groups is 1. The molecule has 0 spiro atoms. The number of carbonyl (C=O) groups excluding carboxylic acids is 1. The molecule has 2 bridgehead atoms. The molecule has 0 saturated carbocycles. The topological polar surface area (TPSA) is 39.4 Å². The summed E-state index contributed by atoms with van der Waals surface area (Å²) < 4.78 is 11.1. The quantitative estimate of drug-likeness (QED) is 0.710. The standard InChI is InChI=1S/C12H14O3/c13-8-12(6-9-2-1-5-14-9)7-10-3-4-11(12)15-10/h1-2,5,8,10-11H,3-4,6-7H2. The molecule has 1 aromatic rings. The van der Waals surface area contributed by atoms with E-state index in [0.717, 1.165) is 31.3 Å². The maximum Gasteiger partial charge on any atom is 0.129 e. The van der Waals surface area contributed by atoms with Crippen LogP contribution in [0.5, 0.6) is 0 Å². The first-order chi connectivity index (χ1) is 7.32. The highest BCUT2D eigenvalue weighted by atomic mass is 16.5. The Balaban J connectivity index is 1.85. The minimum Gasteiger partial charge on any atom is -0.469 e. The highest BCUT2D eigenvalue weighted by molar-refractivity contribution is 5.62. The van der Waals surface area contributed by atoms with Crippen molar-refractivity contribution in [3.8, 4) is 0 Å². The number of ether oxygens (including phenoxy) is 1. The van der Waals surface area contributed by atoms with Gasteiger partial charge in [0, 0.05) is 6.42 Å². The molecule has 2 aliphatic heterocycles. The maximum atomic E-state index is 11.3. The van der Waals surface area contributed by atoms with E-state index in [9.17, 15) is 4.79 Å². The average Bonchev–Trinajstić information content (AvgIpc) is 2.93. The van der Waals surface area contributed by atoms with Gasteiger partial charge < -0.3 is 13.9 Å². The molecule has 2 saturated heterocycles. The van der Waals surface area contributed by atoms with E-state index < -0.39 is 0 Å². The summed E-state index contributed by atoms with van der Waals surface area (Å²) in [6, 6.07) is 3.79. The van der Waals surface area contributed by atoms with Crippen LogP contribution in [0.1, 0.15) is 25.0 Å². The SMILES string of the molecule is O=CC1(Cc2ccco2)CC2CCC1O2. The second kappa shape index (κ2) is 3.20. The molecule has 0 radical (unpaired) electrons. The van der Waals surface area contributed by atoms with E-state index in [4.69, 9.17) is 9.15 Å². The van der Waals surface area contributed by atoms with Crippen molar-refractivity contribution in [1.82, 2.24) is 0 Å². The van der Waals surface area contributed by atoms with Crippen molar-refractivity contribution in [2.45, 2.75) is 37.9 Å². The largest absolute Gasteiger partial charge is 0.469 e. The molecule has 3 unspecified atom stereocenters. The Labute approximate surface area is 88.4 Å². The third-order valence-corrected chi connectivity index (χ3v) is 3.67. The Hall–Kier alpha value is -1.09. The Bertz CT molecular complexity index is 357. The normalized spacial score (nSPS) is 38.4. The molecule has 2 aliphatic rings. The lowest BCUT2D eigenvalue weighted by Gasteiger charge is -2.28. The van der Waals surface area contributed by atoms with Crippen molar-refractivity contribution in [2.24, 2.45) is 5.41 Å². The first-order valence-electron chi connectivity index (χ1n) is 5.47. The summed E-state index contributed by atoms with van der Waals surface area (Å²) in [6.45, 7) is 0. The van der Waals surface area contributed by atoms with E-state index >= 15 is 0 Å². The Morgan fingerprint density at radius 3 is 3.00 bits per heavy atom. The van der Waals surface area contributed by atoms with Crippen LogP contribution in [-0.4, -0.2) is 18.5 Å². The van der Waals surface area contributed by atoms with Gasteiger partial charge in [-0.2, -0.15) is 0 Å². The molecule has 3 nitrogen and oxygen atoms in total. The zero-order valence-corrected chi connectivity index (χ0v) is 8.52. The van der Waals surface area contributed by atoms with Crippen LogP contribution in [0.2, 0.25) is 0 Å². The summed E-state index contributed by atoms with van der Waals surface area (Å²) in [5, 5.41) is 0. The van der Waals surface area contributed by atoms with E-state index in [2.05, 4.69) is 0 Å². The van der Waals surface area contributed by atoms with Gasteiger partial charge >= 0.3 is 0 Å². The fourth-order valence-corrected chi connectivity index (χ4v) is 2.92. The molecular formula is C12H14O3. The fourth-order valence-electron chi connectivity index (χ4n) is 2.92. The van der Waals surface area contributed by atoms with Gasteiger partial charge in [0.05, 0.1) is 23.9 Å². The van der Waals surface area contributed by atoms with Crippen molar-refractivity contribution in [2.75, 3.05) is 0 Å². The predicted octanol–water partition coefficient (Wildman–Crippen LogP) is 1.96. The van der Waals surface area contributed by atoms with Gasteiger partial charge in [-0.1, -0.05) is 0 Å². The molecule has 0 aromatic carbocycles. The highest BCUT2D eigenvalue weighted by Crippen LogP contribution is 2.48. The number of hydrogen-bond acceptors (Lipinski definition) is 3. The second-order valence-corrected chi connectivity index (χ2v) is 4.64. The number of hydrogen-bond donors (Lipinski definition) is 0. The monoisotopic (exact) mass is 206 g/mol. The maximum absolute atomic E-state index is 11.3. The molecule has 3 rings (SSSR count). The first kappa shape index (κ1) is 9.16. The van der Waals surface area contributed by atoms with Gasteiger partial charge in [0.25, 0.3) is 0 Å². The molecule has 2 fully saturated rings. The Kier molecular flexibility index (Phi) is 1.96. The van der Waals surface area contributed by atoms with Crippen LogP contribution in [0.3, 0.4) is 0 Å². The molecule has 80 valence electrons. The molecule has 0 amide bonds. The number of fused-ring (bicyclic) bond motifs is 2. The van der Waals surface area contributed by atoms with Gasteiger partial charge in [0.1, 0.15) is 12.0 Å². The van der Waals surface area contributed by atoms with Gasteiger partial charge in [-0.3, -0.25) is 0 Å². The minimum atomic E-state index is -0.319. The Morgan fingerprint density at radius 2 is 2.47 bits per heavy atom. The number of aldehydes is 1. The smallest absolute Gasteiger partial charge is 0.129 e. The molecular weight excluding hydrogens is 192 g/mol. The van der Waals surface area contributed by atoms with Crippen LogP contribution in [0.4, 0.5) is 0 Å². The molecule has 3 heterocycles. The molecule has 3 atom stereocenters. The number of furan rings is 1. The van der Waals surface area contributed by atoms with Gasteiger partial charge in [0.15, 0.2) is 0 Å². The van der Waals surface area contributed by atoms with Crippen LogP contribution in [-0.2, 0) is 16.0 Å². The van der Waals surface area contributed by atoms with Crippen molar-refractivity contribution in [3.63, 3.8) is 0 Å². The van der Waals surface area contributed by atoms with Crippen LogP contribution < -0.4 is 0 Å². The van der Waals surface area contributed by atoms with E-state index in [1.54, 1.807) is 6.26 Å². The van der Waals surface area contributed by atoms with Gasteiger partial charge in [-0.25, -0.2) is 0 Å².